The van der Waals surface area contributed by atoms with Gasteiger partial charge in [0, 0.05) is 11.6 Å². The highest BCUT2D eigenvalue weighted by Gasteiger charge is 2.31. The molecule has 0 bridgehead atoms. The molecule has 1 aliphatic rings. The highest BCUT2D eigenvalue weighted by Crippen LogP contribution is 2.44. The SMILES string of the molecule is C=CCOc1ccc(C2C(C#N)=C(N)Oc3cc(OC(=O)c4cc(Cl)c(OCCC)c(Cl)c4)ccc32)cc1. The quantitative estimate of drug-likeness (QED) is 0.178. The molecule has 4 rings (SSSR count). The van der Waals surface area contributed by atoms with Crippen molar-refractivity contribution in [1.29, 1.82) is 5.26 Å². The van der Waals surface area contributed by atoms with Crippen molar-refractivity contribution in [3.63, 3.8) is 0 Å². The van der Waals surface area contributed by atoms with Crippen LogP contribution in [0.25, 0.3) is 0 Å². The molecule has 1 atom stereocenters. The van der Waals surface area contributed by atoms with Gasteiger partial charge in [-0.2, -0.15) is 5.26 Å². The number of esters is 1. The number of carbonyl (C=O) groups is 1. The van der Waals surface area contributed by atoms with E-state index in [4.69, 9.17) is 47.9 Å². The predicted octanol–water partition coefficient (Wildman–Crippen LogP) is 6.78. The smallest absolute Gasteiger partial charge is 0.343 e. The lowest BCUT2D eigenvalue weighted by Crippen LogP contribution is -2.21. The van der Waals surface area contributed by atoms with E-state index in [-0.39, 0.29) is 32.8 Å². The highest BCUT2D eigenvalue weighted by molar-refractivity contribution is 6.37. The average molecular weight is 551 g/mol. The first kappa shape index (κ1) is 26.9. The van der Waals surface area contributed by atoms with Gasteiger partial charge in [-0.15, -0.1) is 0 Å². The molecule has 0 aliphatic carbocycles. The minimum Gasteiger partial charge on any atom is -0.490 e. The summed E-state index contributed by atoms with van der Waals surface area (Å²) in [6.07, 6.45) is 2.44. The van der Waals surface area contributed by atoms with E-state index in [2.05, 4.69) is 12.6 Å². The molecule has 0 saturated carbocycles. The molecular formula is C29H24Cl2N2O5. The zero-order valence-electron chi connectivity index (χ0n) is 20.5. The minimum absolute atomic E-state index is 0.0262. The number of allylic oxidation sites excluding steroid dienone is 1. The molecule has 0 radical (unpaired) electrons. The number of nitrogens with zero attached hydrogens (tertiary/aromatic N) is 1. The van der Waals surface area contributed by atoms with Gasteiger partial charge in [0.1, 0.15) is 35.5 Å². The van der Waals surface area contributed by atoms with Crippen LogP contribution in [-0.2, 0) is 0 Å². The van der Waals surface area contributed by atoms with Crippen LogP contribution in [0.5, 0.6) is 23.0 Å². The molecule has 2 N–H and O–H groups in total. The van der Waals surface area contributed by atoms with Crippen LogP contribution in [0.1, 0.15) is 40.7 Å². The van der Waals surface area contributed by atoms with Crippen molar-refractivity contribution in [1.82, 2.24) is 0 Å². The molecule has 3 aromatic rings. The van der Waals surface area contributed by atoms with Crippen molar-refractivity contribution in [2.75, 3.05) is 13.2 Å². The first-order chi connectivity index (χ1) is 18.4. The lowest BCUT2D eigenvalue weighted by Gasteiger charge is -2.26. The highest BCUT2D eigenvalue weighted by atomic mass is 35.5. The summed E-state index contributed by atoms with van der Waals surface area (Å²) in [6.45, 7) is 6.42. The van der Waals surface area contributed by atoms with Gasteiger partial charge < -0.3 is 24.7 Å². The number of ether oxygens (including phenoxy) is 4. The maximum atomic E-state index is 12.9. The Morgan fingerprint density at radius 2 is 1.79 bits per heavy atom. The maximum Gasteiger partial charge on any atom is 0.343 e. The summed E-state index contributed by atoms with van der Waals surface area (Å²) in [4.78, 5) is 12.9. The van der Waals surface area contributed by atoms with Crippen LogP contribution in [0.15, 0.2) is 78.7 Å². The molecule has 0 spiro atoms. The van der Waals surface area contributed by atoms with Gasteiger partial charge in [0.15, 0.2) is 5.75 Å². The minimum atomic E-state index is -0.667. The monoisotopic (exact) mass is 550 g/mol. The summed E-state index contributed by atoms with van der Waals surface area (Å²) in [5.41, 5.74) is 8.05. The van der Waals surface area contributed by atoms with Crippen LogP contribution in [0.2, 0.25) is 10.0 Å². The molecular weight excluding hydrogens is 527 g/mol. The fourth-order valence-electron chi connectivity index (χ4n) is 3.94. The Morgan fingerprint density at radius 3 is 2.42 bits per heavy atom. The number of nitrogens with two attached hydrogens (primary N) is 1. The van der Waals surface area contributed by atoms with Gasteiger partial charge in [0.05, 0.1) is 28.1 Å². The van der Waals surface area contributed by atoms with Gasteiger partial charge in [0.2, 0.25) is 5.88 Å². The standard InChI is InChI=1S/C29H24Cl2N2O5/c1-3-11-35-19-7-5-17(6-8-19)26-21-10-9-20(15-25(21)38-28(33)22(26)16-32)37-29(34)18-13-23(30)27(24(31)14-18)36-12-4-2/h3,5-10,13-15,26H,1,4,11-12,33H2,2H3. The van der Waals surface area contributed by atoms with Crippen LogP contribution in [0, 0.1) is 11.3 Å². The number of nitriles is 1. The first-order valence-corrected chi connectivity index (χ1v) is 12.5. The molecule has 1 aliphatic heterocycles. The number of benzene rings is 3. The van der Waals surface area contributed by atoms with E-state index in [0.29, 0.717) is 36.0 Å². The third-order valence-corrected chi connectivity index (χ3v) is 6.23. The third kappa shape index (κ3) is 5.72. The van der Waals surface area contributed by atoms with E-state index in [9.17, 15) is 10.1 Å². The molecule has 0 amide bonds. The van der Waals surface area contributed by atoms with Crippen molar-refractivity contribution in [3.05, 3.63) is 105 Å². The normalized spacial score (nSPS) is 14.1. The zero-order chi connectivity index (χ0) is 27.2. The zero-order valence-corrected chi connectivity index (χ0v) is 22.0. The lowest BCUT2D eigenvalue weighted by molar-refractivity contribution is 0.0734. The number of halogens is 2. The lowest BCUT2D eigenvalue weighted by atomic mass is 9.83. The van der Waals surface area contributed by atoms with Gasteiger partial charge in [-0.3, -0.25) is 0 Å². The molecule has 38 heavy (non-hydrogen) atoms. The topological polar surface area (TPSA) is 104 Å². The summed E-state index contributed by atoms with van der Waals surface area (Å²) in [7, 11) is 0. The van der Waals surface area contributed by atoms with Crippen LogP contribution in [0.3, 0.4) is 0 Å². The molecule has 0 saturated heterocycles. The summed E-state index contributed by atoms with van der Waals surface area (Å²) in [6, 6.07) is 17.3. The number of hydrogen-bond acceptors (Lipinski definition) is 7. The van der Waals surface area contributed by atoms with Gasteiger partial charge >= 0.3 is 5.97 Å². The van der Waals surface area contributed by atoms with E-state index in [1.807, 2.05) is 31.2 Å². The Hall–Kier alpha value is -4.12. The summed E-state index contributed by atoms with van der Waals surface area (Å²) in [5.74, 6) is 0.395. The molecule has 0 aromatic heterocycles. The molecule has 3 aromatic carbocycles. The van der Waals surface area contributed by atoms with E-state index >= 15 is 0 Å². The van der Waals surface area contributed by atoms with E-state index in [1.54, 1.807) is 24.3 Å². The molecule has 0 fully saturated rings. The van der Waals surface area contributed by atoms with Gasteiger partial charge in [0.25, 0.3) is 0 Å². The Balaban J connectivity index is 1.60. The van der Waals surface area contributed by atoms with Crippen molar-refractivity contribution in [2.24, 2.45) is 5.73 Å². The summed E-state index contributed by atoms with van der Waals surface area (Å²) in [5, 5.41) is 10.2. The van der Waals surface area contributed by atoms with Crippen molar-refractivity contribution < 1.29 is 23.7 Å². The Labute approximate surface area is 230 Å². The van der Waals surface area contributed by atoms with Gasteiger partial charge in [-0.1, -0.05) is 61.0 Å². The van der Waals surface area contributed by atoms with Gasteiger partial charge in [-0.25, -0.2) is 4.79 Å². The maximum absolute atomic E-state index is 12.9. The number of carbonyl (C=O) groups excluding carboxylic acids is 1. The predicted molar refractivity (Wildman–Crippen MR) is 145 cm³/mol. The summed E-state index contributed by atoms with van der Waals surface area (Å²) < 4.78 is 22.4. The van der Waals surface area contributed by atoms with Gasteiger partial charge in [-0.05, 0) is 42.3 Å². The van der Waals surface area contributed by atoms with E-state index < -0.39 is 11.9 Å². The van der Waals surface area contributed by atoms with Crippen molar-refractivity contribution in [3.8, 4) is 29.1 Å². The number of rotatable bonds is 9. The first-order valence-electron chi connectivity index (χ1n) is 11.8. The fourth-order valence-corrected chi connectivity index (χ4v) is 4.54. The molecule has 194 valence electrons. The largest absolute Gasteiger partial charge is 0.490 e. The number of fused-ring (bicyclic) bond motifs is 1. The number of hydrogen-bond donors (Lipinski definition) is 1. The molecule has 1 unspecified atom stereocenters. The second-order valence-electron chi connectivity index (χ2n) is 8.30. The molecule has 7 nitrogen and oxygen atoms in total. The molecule has 9 heteroatoms. The van der Waals surface area contributed by atoms with Crippen LogP contribution in [0.4, 0.5) is 0 Å². The second-order valence-corrected chi connectivity index (χ2v) is 9.11. The fraction of sp³-hybridized carbons (Fsp3) is 0.172. The van der Waals surface area contributed by atoms with Crippen molar-refractivity contribution >= 4 is 29.2 Å². The van der Waals surface area contributed by atoms with Crippen LogP contribution in [-0.4, -0.2) is 19.2 Å². The third-order valence-electron chi connectivity index (χ3n) is 5.67. The van der Waals surface area contributed by atoms with Crippen LogP contribution >= 0.6 is 23.2 Å². The second kappa shape index (κ2) is 12.0. The average Bonchev–Trinajstić information content (AvgIpc) is 2.91. The van der Waals surface area contributed by atoms with E-state index in [1.165, 1.54) is 12.1 Å². The Bertz CT molecular complexity index is 1420. The van der Waals surface area contributed by atoms with E-state index in [0.717, 1.165) is 12.0 Å². The van der Waals surface area contributed by atoms with Crippen LogP contribution < -0.4 is 24.7 Å². The Morgan fingerprint density at radius 1 is 1.11 bits per heavy atom. The summed E-state index contributed by atoms with van der Waals surface area (Å²) >= 11 is 12.5. The van der Waals surface area contributed by atoms with Crippen molar-refractivity contribution in [2.45, 2.75) is 19.3 Å². The Kier molecular flexibility index (Phi) is 8.47. The molecule has 1 heterocycles.